The van der Waals surface area contributed by atoms with Gasteiger partial charge in [0, 0.05) is 6.04 Å². The van der Waals surface area contributed by atoms with Crippen molar-refractivity contribution in [3.8, 4) is 6.07 Å². The van der Waals surface area contributed by atoms with Crippen LogP contribution < -0.4 is 10.0 Å². The zero-order valence-electron chi connectivity index (χ0n) is 10.9. The minimum Gasteiger partial charge on any atom is -0.317 e. The predicted molar refractivity (Wildman–Crippen MR) is 77.0 cm³/mol. The lowest BCUT2D eigenvalue weighted by Gasteiger charge is -2.16. The average Bonchev–Trinajstić information content (AvgIpc) is 2.66. The van der Waals surface area contributed by atoms with Gasteiger partial charge in [0.1, 0.15) is 4.90 Å². The average molecular weight is 314 g/mol. The zero-order valence-corrected chi connectivity index (χ0v) is 12.5. The molecule has 0 aromatic heterocycles. The Labute approximate surface area is 124 Å². The summed E-state index contributed by atoms with van der Waals surface area (Å²) in [5, 5.41) is 12.1. The van der Waals surface area contributed by atoms with Gasteiger partial charge in [-0.05, 0) is 50.6 Å². The standard InChI is InChI=1S/C13H16ClN3O2S/c14-12-8-10(9-15)3-4-13(12)20(18,19)17-11-2-1-6-16-7-5-11/h3-4,8,11,16-17H,1-2,5-7H2. The maximum Gasteiger partial charge on any atom is 0.242 e. The van der Waals surface area contributed by atoms with Crippen LogP contribution in [0, 0.1) is 11.3 Å². The first-order valence-electron chi connectivity index (χ1n) is 6.45. The second-order valence-electron chi connectivity index (χ2n) is 4.76. The van der Waals surface area contributed by atoms with Crippen molar-refractivity contribution in [3.05, 3.63) is 28.8 Å². The highest BCUT2D eigenvalue weighted by Gasteiger charge is 2.23. The second-order valence-corrected chi connectivity index (χ2v) is 6.85. The molecular formula is C13H16ClN3O2S. The SMILES string of the molecule is N#Cc1ccc(S(=O)(=O)NC2CCCNCC2)c(Cl)c1. The Kier molecular flexibility index (Phi) is 5.00. The molecule has 1 aromatic carbocycles. The van der Waals surface area contributed by atoms with Crippen LogP contribution in [0.4, 0.5) is 0 Å². The highest BCUT2D eigenvalue weighted by atomic mass is 35.5. The van der Waals surface area contributed by atoms with Crippen molar-refractivity contribution < 1.29 is 8.42 Å². The Morgan fingerprint density at radius 3 is 2.85 bits per heavy atom. The maximum atomic E-state index is 12.3. The number of benzene rings is 1. The molecule has 5 nitrogen and oxygen atoms in total. The largest absolute Gasteiger partial charge is 0.317 e. The number of rotatable bonds is 3. The van der Waals surface area contributed by atoms with Crippen LogP contribution in [0.5, 0.6) is 0 Å². The smallest absolute Gasteiger partial charge is 0.242 e. The molecule has 1 unspecified atom stereocenters. The summed E-state index contributed by atoms with van der Waals surface area (Å²) >= 11 is 5.96. The van der Waals surface area contributed by atoms with E-state index in [2.05, 4.69) is 10.0 Å². The molecule has 7 heteroatoms. The Morgan fingerprint density at radius 1 is 1.35 bits per heavy atom. The van der Waals surface area contributed by atoms with E-state index in [1.165, 1.54) is 18.2 Å². The minimum absolute atomic E-state index is 0.0235. The van der Waals surface area contributed by atoms with Crippen LogP contribution in [0.2, 0.25) is 5.02 Å². The van der Waals surface area contributed by atoms with Gasteiger partial charge in [0.2, 0.25) is 10.0 Å². The molecule has 1 atom stereocenters. The minimum atomic E-state index is -3.65. The number of hydrogen-bond acceptors (Lipinski definition) is 4. The third-order valence-electron chi connectivity index (χ3n) is 3.25. The van der Waals surface area contributed by atoms with Crippen LogP contribution in [-0.2, 0) is 10.0 Å². The second kappa shape index (κ2) is 6.55. The van der Waals surface area contributed by atoms with Gasteiger partial charge in [0.15, 0.2) is 0 Å². The monoisotopic (exact) mass is 313 g/mol. The van der Waals surface area contributed by atoms with Crippen molar-refractivity contribution in [2.75, 3.05) is 13.1 Å². The summed E-state index contributed by atoms with van der Waals surface area (Å²) in [6, 6.07) is 6.04. The fraction of sp³-hybridized carbons (Fsp3) is 0.462. The topological polar surface area (TPSA) is 82.0 Å². The third-order valence-corrected chi connectivity index (χ3v) is 5.25. The van der Waals surface area contributed by atoms with Gasteiger partial charge in [0.05, 0.1) is 16.7 Å². The molecule has 108 valence electrons. The molecule has 1 aromatic rings. The number of nitriles is 1. The Balaban J connectivity index is 2.19. The molecule has 0 saturated carbocycles. The quantitative estimate of drug-likeness (QED) is 0.888. The Morgan fingerprint density at radius 2 is 2.15 bits per heavy atom. The van der Waals surface area contributed by atoms with Crippen LogP contribution in [0.3, 0.4) is 0 Å². The normalized spacial score (nSPS) is 20.1. The molecule has 20 heavy (non-hydrogen) atoms. The lowest BCUT2D eigenvalue weighted by molar-refractivity contribution is 0.518. The van der Waals surface area contributed by atoms with Crippen molar-refractivity contribution in [2.45, 2.75) is 30.2 Å². The van der Waals surface area contributed by atoms with Gasteiger partial charge in [0.25, 0.3) is 0 Å². The number of hydrogen-bond donors (Lipinski definition) is 2. The van der Waals surface area contributed by atoms with E-state index >= 15 is 0 Å². The zero-order chi connectivity index (χ0) is 14.6. The van der Waals surface area contributed by atoms with Gasteiger partial charge in [-0.3, -0.25) is 0 Å². The van der Waals surface area contributed by atoms with E-state index in [0.29, 0.717) is 5.56 Å². The molecule has 0 bridgehead atoms. The molecule has 2 rings (SSSR count). The molecule has 1 fully saturated rings. The molecule has 1 aliphatic heterocycles. The van der Waals surface area contributed by atoms with Gasteiger partial charge >= 0.3 is 0 Å². The van der Waals surface area contributed by atoms with Crippen molar-refractivity contribution >= 4 is 21.6 Å². The summed E-state index contributed by atoms with van der Waals surface area (Å²) in [6.45, 7) is 1.71. The number of sulfonamides is 1. The Hall–Kier alpha value is -1.13. The van der Waals surface area contributed by atoms with E-state index in [1.807, 2.05) is 6.07 Å². The van der Waals surface area contributed by atoms with E-state index < -0.39 is 10.0 Å². The summed E-state index contributed by atoms with van der Waals surface area (Å²) < 4.78 is 27.4. The highest BCUT2D eigenvalue weighted by Crippen LogP contribution is 2.23. The molecule has 0 spiro atoms. The summed E-state index contributed by atoms with van der Waals surface area (Å²) in [6.07, 6.45) is 2.50. The van der Waals surface area contributed by atoms with Gasteiger partial charge in [-0.25, -0.2) is 13.1 Å². The molecule has 1 aliphatic rings. The first kappa shape index (κ1) is 15.3. The predicted octanol–water partition coefficient (Wildman–Crippen LogP) is 1.63. The molecule has 0 amide bonds. The van der Waals surface area contributed by atoms with Gasteiger partial charge in [-0.2, -0.15) is 5.26 Å². The van der Waals surface area contributed by atoms with E-state index in [9.17, 15) is 8.42 Å². The first-order valence-corrected chi connectivity index (χ1v) is 8.32. The molecule has 0 aliphatic carbocycles. The maximum absolute atomic E-state index is 12.3. The third kappa shape index (κ3) is 3.70. The Bertz CT molecular complexity index is 617. The lowest BCUT2D eigenvalue weighted by atomic mass is 10.1. The summed E-state index contributed by atoms with van der Waals surface area (Å²) in [4.78, 5) is 0.0235. The molecule has 0 radical (unpaired) electrons. The first-order chi connectivity index (χ1) is 9.53. The van der Waals surface area contributed by atoms with Crippen molar-refractivity contribution in [3.63, 3.8) is 0 Å². The number of nitrogens with zero attached hydrogens (tertiary/aromatic N) is 1. The van der Waals surface area contributed by atoms with Crippen LogP contribution in [0.25, 0.3) is 0 Å². The van der Waals surface area contributed by atoms with E-state index in [4.69, 9.17) is 16.9 Å². The fourth-order valence-electron chi connectivity index (χ4n) is 2.21. The molecule has 1 heterocycles. The van der Waals surface area contributed by atoms with Crippen molar-refractivity contribution in [2.24, 2.45) is 0 Å². The van der Waals surface area contributed by atoms with Gasteiger partial charge in [-0.1, -0.05) is 11.6 Å². The number of halogens is 1. The highest BCUT2D eigenvalue weighted by molar-refractivity contribution is 7.89. The summed E-state index contributed by atoms with van der Waals surface area (Å²) in [5.41, 5.74) is 0.340. The van der Waals surface area contributed by atoms with Gasteiger partial charge in [-0.15, -0.1) is 0 Å². The molecule has 2 N–H and O–H groups in total. The van der Waals surface area contributed by atoms with Crippen LogP contribution in [0.1, 0.15) is 24.8 Å². The van der Waals surface area contributed by atoms with Gasteiger partial charge < -0.3 is 5.32 Å². The lowest BCUT2D eigenvalue weighted by Crippen LogP contribution is -2.35. The molecule has 1 saturated heterocycles. The summed E-state index contributed by atoms with van der Waals surface area (Å²) in [5.74, 6) is 0. The van der Waals surface area contributed by atoms with E-state index in [-0.39, 0.29) is 16.0 Å². The van der Waals surface area contributed by atoms with Crippen LogP contribution in [0.15, 0.2) is 23.1 Å². The fourth-order valence-corrected chi connectivity index (χ4v) is 4.06. The van der Waals surface area contributed by atoms with Crippen molar-refractivity contribution in [1.29, 1.82) is 5.26 Å². The van der Waals surface area contributed by atoms with Crippen molar-refractivity contribution in [1.82, 2.24) is 10.0 Å². The number of nitrogens with one attached hydrogen (secondary N) is 2. The summed E-state index contributed by atoms with van der Waals surface area (Å²) in [7, 11) is -3.65. The van der Waals surface area contributed by atoms with E-state index in [1.54, 1.807) is 0 Å². The van der Waals surface area contributed by atoms with Crippen LogP contribution >= 0.6 is 11.6 Å². The van der Waals surface area contributed by atoms with Crippen LogP contribution in [-0.4, -0.2) is 27.5 Å². The van der Waals surface area contributed by atoms with E-state index in [0.717, 1.165) is 32.4 Å². The molecular weight excluding hydrogens is 298 g/mol.